The number of nitrogens with one attached hydrogen (secondary N) is 1. The maximum Gasteiger partial charge on any atom is 0.216 e. The molecule has 4 nitrogen and oxygen atoms in total. The highest BCUT2D eigenvalue weighted by Crippen LogP contribution is 2.32. The predicted molar refractivity (Wildman–Crippen MR) is 81.7 cm³/mol. The lowest BCUT2D eigenvalue weighted by Gasteiger charge is -2.06. The van der Waals surface area contributed by atoms with Gasteiger partial charge in [0, 0.05) is 37.1 Å². The van der Waals surface area contributed by atoms with Crippen molar-refractivity contribution in [2.45, 2.75) is 13.5 Å². The molecule has 0 aliphatic rings. The molecule has 2 aromatic heterocycles. The average Bonchev–Trinajstić information content (AvgIpc) is 3.03. The van der Waals surface area contributed by atoms with Crippen LogP contribution >= 0.6 is 11.3 Å². The SMILES string of the molecule is CC(=O)NCCn1ccnc1-c1cc2ccccc2s1. The van der Waals surface area contributed by atoms with Crippen LogP contribution in [0.2, 0.25) is 0 Å². The Labute approximate surface area is 121 Å². The van der Waals surface area contributed by atoms with Gasteiger partial charge in [0.05, 0.1) is 4.88 Å². The molecule has 1 amide bonds. The second-order valence-corrected chi connectivity index (χ2v) is 5.66. The van der Waals surface area contributed by atoms with E-state index in [2.05, 4.69) is 33.1 Å². The minimum Gasteiger partial charge on any atom is -0.355 e. The number of imidazole rings is 1. The molecule has 0 bridgehead atoms. The van der Waals surface area contributed by atoms with Gasteiger partial charge < -0.3 is 9.88 Å². The van der Waals surface area contributed by atoms with E-state index in [9.17, 15) is 4.79 Å². The molecule has 0 atom stereocenters. The minimum absolute atomic E-state index is 0.00599. The van der Waals surface area contributed by atoms with Crippen LogP contribution in [0.1, 0.15) is 6.92 Å². The summed E-state index contributed by atoms with van der Waals surface area (Å²) in [4.78, 5) is 16.5. The number of nitrogens with zero attached hydrogens (tertiary/aromatic N) is 2. The van der Waals surface area contributed by atoms with E-state index in [0.717, 1.165) is 17.2 Å². The molecule has 0 saturated carbocycles. The Morgan fingerprint density at radius 1 is 1.40 bits per heavy atom. The first-order valence-corrected chi connectivity index (χ1v) is 7.30. The second-order valence-electron chi connectivity index (χ2n) is 4.58. The van der Waals surface area contributed by atoms with Gasteiger partial charge >= 0.3 is 0 Å². The van der Waals surface area contributed by atoms with E-state index in [-0.39, 0.29) is 5.91 Å². The first kappa shape index (κ1) is 12.9. The van der Waals surface area contributed by atoms with Crippen molar-refractivity contribution in [3.63, 3.8) is 0 Å². The smallest absolute Gasteiger partial charge is 0.216 e. The quantitative estimate of drug-likeness (QED) is 0.801. The summed E-state index contributed by atoms with van der Waals surface area (Å²) >= 11 is 1.74. The van der Waals surface area contributed by atoms with Crippen molar-refractivity contribution in [1.82, 2.24) is 14.9 Å². The summed E-state index contributed by atoms with van der Waals surface area (Å²) in [6.45, 7) is 2.87. The van der Waals surface area contributed by atoms with Gasteiger partial charge in [0.15, 0.2) is 0 Å². The zero-order chi connectivity index (χ0) is 13.9. The summed E-state index contributed by atoms with van der Waals surface area (Å²) < 4.78 is 3.33. The fourth-order valence-corrected chi connectivity index (χ4v) is 3.23. The molecule has 102 valence electrons. The van der Waals surface area contributed by atoms with Crippen LogP contribution in [-0.4, -0.2) is 22.0 Å². The molecule has 1 N–H and O–H groups in total. The Morgan fingerprint density at radius 3 is 3.05 bits per heavy atom. The summed E-state index contributed by atoms with van der Waals surface area (Å²) in [6.07, 6.45) is 3.75. The van der Waals surface area contributed by atoms with Crippen molar-refractivity contribution in [3.05, 3.63) is 42.7 Å². The lowest BCUT2D eigenvalue weighted by atomic mass is 10.2. The summed E-state index contributed by atoms with van der Waals surface area (Å²) in [5.41, 5.74) is 0. The average molecular weight is 285 g/mol. The van der Waals surface area contributed by atoms with Crippen molar-refractivity contribution in [2.75, 3.05) is 6.54 Å². The number of carbonyl (C=O) groups excluding carboxylic acids is 1. The van der Waals surface area contributed by atoms with Gasteiger partial charge in [-0.2, -0.15) is 0 Å². The number of amides is 1. The lowest BCUT2D eigenvalue weighted by molar-refractivity contribution is -0.118. The Bertz CT molecular complexity index is 711. The lowest BCUT2D eigenvalue weighted by Crippen LogP contribution is -2.24. The molecule has 5 heteroatoms. The highest BCUT2D eigenvalue weighted by molar-refractivity contribution is 7.22. The molecular formula is C15H15N3OS. The molecule has 0 saturated heterocycles. The molecule has 0 aliphatic heterocycles. The number of aromatic nitrogens is 2. The van der Waals surface area contributed by atoms with Gasteiger partial charge in [-0.3, -0.25) is 4.79 Å². The fourth-order valence-electron chi connectivity index (χ4n) is 2.16. The molecule has 0 radical (unpaired) electrons. The van der Waals surface area contributed by atoms with Crippen LogP contribution in [-0.2, 0) is 11.3 Å². The summed E-state index contributed by atoms with van der Waals surface area (Å²) in [5, 5.41) is 4.04. The van der Waals surface area contributed by atoms with E-state index in [1.165, 1.54) is 17.0 Å². The maximum absolute atomic E-state index is 10.9. The van der Waals surface area contributed by atoms with Crippen LogP contribution in [0.15, 0.2) is 42.7 Å². The third-order valence-corrected chi connectivity index (χ3v) is 4.20. The van der Waals surface area contributed by atoms with Crippen molar-refractivity contribution in [2.24, 2.45) is 0 Å². The molecule has 3 aromatic rings. The Balaban J connectivity index is 1.86. The van der Waals surface area contributed by atoms with Gasteiger partial charge in [-0.15, -0.1) is 11.3 Å². The number of hydrogen-bond donors (Lipinski definition) is 1. The molecule has 0 unspecified atom stereocenters. The third-order valence-electron chi connectivity index (χ3n) is 3.09. The first-order chi connectivity index (χ1) is 9.74. The summed E-state index contributed by atoms with van der Waals surface area (Å²) in [6, 6.07) is 10.5. The standard InChI is InChI=1S/C15H15N3OS/c1-11(19)16-6-8-18-9-7-17-15(18)14-10-12-4-2-3-5-13(12)20-14/h2-5,7,9-10H,6,8H2,1H3,(H,16,19). The zero-order valence-corrected chi connectivity index (χ0v) is 12.0. The molecular weight excluding hydrogens is 270 g/mol. The van der Waals surface area contributed by atoms with Crippen molar-refractivity contribution < 1.29 is 4.79 Å². The highest BCUT2D eigenvalue weighted by atomic mass is 32.1. The third kappa shape index (κ3) is 2.58. The topological polar surface area (TPSA) is 46.9 Å². The van der Waals surface area contributed by atoms with Crippen LogP contribution in [0.3, 0.4) is 0 Å². The molecule has 2 heterocycles. The monoisotopic (exact) mass is 285 g/mol. The molecule has 1 aromatic carbocycles. The Morgan fingerprint density at radius 2 is 2.25 bits per heavy atom. The number of rotatable bonds is 4. The van der Waals surface area contributed by atoms with E-state index in [4.69, 9.17) is 0 Å². The number of fused-ring (bicyclic) bond motifs is 1. The predicted octanol–water partition coefficient (Wildman–Crippen LogP) is 2.90. The van der Waals surface area contributed by atoms with Crippen LogP contribution in [0, 0.1) is 0 Å². The van der Waals surface area contributed by atoms with Crippen molar-refractivity contribution in [1.29, 1.82) is 0 Å². The van der Waals surface area contributed by atoms with E-state index in [1.54, 1.807) is 17.5 Å². The van der Waals surface area contributed by atoms with Crippen molar-refractivity contribution in [3.8, 4) is 10.7 Å². The van der Waals surface area contributed by atoms with Gasteiger partial charge in [0.1, 0.15) is 5.82 Å². The number of thiophene rings is 1. The summed E-state index contributed by atoms with van der Waals surface area (Å²) in [7, 11) is 0. The molecule has 0 fully saturated rings. The zero-order valence-electron chi connectivity index (χ0n) is 11.2. The number of carbonyl (C=O) groups is 1. The van der Waals surface area contributed by atoms with E-state index >= 15 is 0 Å². The van der Waals surface area contributed by atoms with Gasteiger partial charge in [-0.05, 0) is 17.5 Å². The fraction of sp³-hybridized carbons (Fsp3) is 0.200. The molecule has 0 spiro atoms. The largest absolute Gasteiger partial charge is 0.355 e. The van der Waals surface area contributed by atoms with E-state index < -0.39 is 0 Å². The Hall–Kier alpha value is -2.14. The molecule has 20 heavy (non-hydrogen) atoms. The maximum atomic E-state index is 10.9. The van der Waals surface area contributed by atoms with Gasteiger partial charge in [-0.1, -0.05) is 18.2 Å². The number of hydrogen-bond acceptors (Lipinski definition) is 3. The minimum atomic E-state index is -0.00599. The first-order valence-electron chi connectivity index (χ1n) is 6.48. The normalized spacial score (nSPS) is 10.8. The molecule has 3 rings (SSSR count). The second kappa shape index (κ2) is 5.46. The van der Waals surface area contributed by atoms with Crippen LogP contribution in [0.5, 0.6) is 0 Å². The number of benzene rings is 1. The van der Waals surface area contributed by atoms with Gasteiger partial charge in [-0.25, -0.2) is 4.98 Å². The van der Waals surface area contributed by atoms with E-state index in [1.807, 2.05) is 18.3 Å². The van der Waals surface area contributed by atoms with Crippen molar-refractivity contribution >= 4 is 27.3 Å². The highest BCUT2D eigenvalue weighted by Gasteiger charge is 2.09. The van der Waals surface area contributed by atoms with Crippen LogP contribution in [0.4, 0.5) is 0 Å². The van der Waals surface area contributed by atoms with Crippen LogP contribution < -0.4 is 5.32 Å². The summed E-state index contributed by atoms with van der Waals surface area (Å²) in [5.74, 6) is 0.949. The van der Waals surface area contributed by atoms with Gasteiger partial charge in [0.2, 0.25) is 5.91 Å². The molecule has 0 aliphatic carbocycles. The van der Waals surface area contributed by atoms with Gasteiger partial charge in [0.25, 0.3) is 0 Å². The Kier molecular flexibility index (Phi) is 3.52. The van der Waals surface area contributed by atoms with Crippen LogP contribution in [0.25, 0.3) is 20.8 Å². The van der Waals surface area contributed by atoms with E-state index in [0.29, 0.717) is 6.54 Å².